The standard InChI is InChI=1S/C18H10BrClN2O4/c19-10-3-7-12(8-4-10)22-17(24)13-14(21-26-16(13)18(22)25)15(23)9-1-5-11(20)6-2-9/h1-8,13,16H/t13-,16-/m0/s1. The number of carbonyl (C=O) groups is 3. The Balaban J connectivity index is 1.65. The van der Waals surface area contributed by atoms with Crippen molar-refractivity contribution in [2.24, 2.45) is 11.1 Å². The summed E-state index contributed by atoms with van der Waals surface area (Å²) in [7, 11) is 0. The van der Waals surface area contributed by atoms with Crippen molar-refractivity contribution in [3.05, 3.63) is 63.6 Å². The van der Waals surface area contributed by atoms with Gasteiger partial charge in [-0.1, -0.05) is 32.7 Å². The summed E-state index contributed by atoms with van der Waals surface area (Å²) in [5, 5.41) is 4.20. The van der Waals surface area contributed by atoms with Crippen LogP contribution >= 0.6 is 27.5 Å². The first kappa shape index (κ1) is 16.9. The summed E-state index contributed by atoms with van der Waals surface area (Å²) < 4.78 is 0.817. The second-order valence-corrected chi connectivity index (χ2v) is 7.16. The van der Waals surface area contributed by atoms with Crippen LogP contribution in [-0.2, 0) is 14.4 Å². The first-order valence-electron chi connectivity index (χ1n) is 7.65. The van der Waals surface area contributed by atoms with Crippen molar-refractivity contribution < 1.29 is 19.2 Å². The molecule has 0 radical (unpaired) electrons. The lowest BCUT2D eigenvalue weighted by atomic mass is 9.93. The number of fused-ring (bicyclic) bond motifs is 1. The van der Waals surface area contributed by atoms with E-state index in [1.54, 1.807) is 36.4 Å². The van der Waals surface area contributed by atoms with Gasteiger partial charge in [0.25, 0.3) is 5.91 Å². The van der Waals surface area contributed by atoms with Crippen LogP contribution in [-0.4, -0.2) is 29.4 Å². The molecule has 0 saturated carbocycles. The molecule has 1 saturated heterocycles. The summed E-state index contributed by atoms with van der Waals surface area (Å²) in [6.45, 7) is 0. The van der Waals surface area contributed by atoms with E-state index in [2.05, 4.69) is 21.1 Å². The fourth-order valence-corrected chi connectivity index (χ4v) is 3.35. The van der Waals surface area contributed by atoms with E-state index in [1.807, 2.05) is 0 Å². The first-order chi connectivity index (χ1) is 12.5. The molecule has 2 aromatic carbocycles. The maximum Gasteiger partial charge on any atom is 0.278 e. The zero-order chi connectivity index (χ0) is 18.4. The van der Waals surface area contributed by atoms with E-state index in [0.717, 1.165) is 9.37 Å². The molecule has 2 aliphatic rings. The maximum atomic E-state index is 12.8. The molecule has 0 N–H and O–H groups in total. The summed E-state index contributed by atoms with van der Waals surface area (Å²) in [6.07, 6.45) is -1.11. The highest BCUT2D eigenvalue weighted by molar-refractivity contribution is 9.10. The molecule has 26 heavy (non-hydrogen) atoms. The molecular weight excluding hydrogens is 424 g/mol. The van der Waals surface area contributed by atoms with Crippen molar-refractivity contribution >= 4 is 56.5 Å². The number of amides is 2. The zero-order valence-corrected chi connectivity index (χ0v) is 15.4. The van der Waals surface area contributed by atoms with Crippen LogP contribution in [0, 0.1) is 5.92 Å². The van der Waals surface area contributed by atoms with Gasteiger partial charge in [0.15, 0.2) is 0 Å². The van der Waals surface area contributed by atoms with E-state index in [0.29, 0.717) is 16.3 Å². The van der Waals surface area contributed by atoms with Crippen LogP contribution < -0.4 is 4.90 Å². The highest BCUT2D eigenvalue weighted by Crippen LogP contribution is 2.34. The lowest BCUT2D eigenvalue weighted by Crippen LogP contribution is -2.34. The molecule has 2 amide bonds. The molecular formula is C18H10BrClN2O4. The zero-order valence-electron chi connectivity index (χ0n) is 13.1. The van der Waals surface area contributed by atoms with Gasteiger partial charge in [0.1, 0.15) is 11.6 Å². The number of halogens is 2. The van der Waals surface area contributed by atoms with Gasteiger partial charge < -0.3 is 4.84 Å². The number of benzene rings is 2. The highest BCUT2D eigenvalue weighted by Gasteiger charge is 2.57. The van der Waals surface area contributed by atoms with Crippen LogP contribution in [0.15, 0.2) is 58.2 Å². The lowest BCUT2D eigenvalue weighted by molar-refractivity contribution is -0.126. The number of imide groups is 1. The molecule has 0 aromatic heterocycles. The van der Waals surface area contributed by atoms with Crippen LogP contribution in [0.1, 0.15) is 10.4 Å². The van der Waals surface area contributed by atoms with Gasteiger partial charge >= 0.3 is 0 Å². The lowest BCUT2D eigenvalue weighted by Gasteiger charge is -2.15. The van der Waals surface area contributed by atoms with Crippen molar-refractivity contribution in [1.82, 2.24) is 0 Å². The number of rotatable bonds is 3. The van der Waals surface area contributed by atoms with Gasteiger partial charge in [-0.2, -0.15) is 0 Å². The Labute approximate surface area is 161 Å². The Morgan fingerprint density at radius 1 is 1.04 bits per heavy atom. The number of nitrogens with zero attached hydrogens (tertiary/aromatic N) is 2. The minimum Gasteiger partial charge on any atom is -0.381 e. The number of oxime groups is 1. The largest absolute Gasteiger partial charge is 0.381 e. The molecule has 0 aliphatic carbocycles. The average molecular weight is 434 g/mol. The van der Waals surface area contributed by atoms with E-state index in [9.17, 15) is 14.4 Å². The molecule has 0 unspecified atom stereocenters. The van der Waals surface area contributed by atoms with Gasteiger partial charge in [0.05, 0.1) is 5.69 Å². The summed E-state index contributed by atoms with van der Waals surface area (Å²) >= 11 is 9.14. The SMILES string of the molecule is O=C(C1=NO[C@@H]2C(=O)N(c3ccc(Br)cc3)C(=O)[C@@H]12)c1ccc(Cl)cc1. The van der Waals surface area contributed by atoms with Crippen molar-refractivity contribution in [2.75, 3.05) is 4.90 Å². The minimum atomic E-state index is -1.11. The molecule has 2 atom stereocenters. The normalized spacial score (nSPS) is 21.5. The molecule has 2 heterocycles. The molecule has 0 bridgehead atoms. The number of hydrogen-bond donors (Lipinski definition) is 0. The predicted octanol–water partition coefficient (Wildman–Crippen LogP) is 3.23. The van der Waals surface area contributed by atoms with E-state index in [4.69, 9.17) is 16.4 Å². The van der Waals surface area contributed by atoms with Gasteiger partial charge in [-0.05, 0) is 48.5 Å². The van der Waals surface area contributed by atoms with Crippen LogP contribution in [0.2, 0.25) is 5.02 Å². The third kappa shape index (κ3) is 2.64. The minimum absolute atomic E-state index is 0.0738. The fraction of sp³-hybridized carbons (Fsp3) is 0.111. The van der Waals surface area contributed by atoms with Crippen LogP contribution in [0.4, 0.5) is 5.69 Å². The number of ketones is 1. The van der Waals surface area contributed by atoms with Crippen molar-refractivity contribution in [3.8, 4) is 0 Å². The molecule has 6 nitrogen and oxygen atoms in total. The Bertz CT molecular complexity index is 956. The summed E-state index contributed by atoms with van der Waals surface area (Å²) in [5.74, 6) is -2.58. The molecule has 2 aromatic rings. The van der Waals surface area contributed by atoms with Gasteiger partial charge in [-0.3, -0.25) is 14.4 Å². The molecule has 8 heteroatoms. The molecule has 4 rings (SSSR count). The van der Waals surface area contributed by atoms with E-state index in [-0.39, 0.29) is 5.71 Å². The third-order valence-corrected chi connectivity index (χ3v) is 5.02. The Hall–Kier alpha value is -2.51. The Kier molecular flexibility index (Phi) is 4.13. The van der Waals surface area contributed by atoms with Gasteiger partial charge in [0.2, 0.25) is 17.8 Å². The smallest absolute Gasteiger partial charge is 0.278 e. The second-order valence-electron chi connectivity index (χ2n) is 5.80. The predicted molar refractivity (Wildman–Crippen MR) is 98.2 cm³/mol. The van der Waals surface area contributed by atoms with Gasteiger partial charge in [-0.25, -0.2) is 4.90 Å². The summed E-state index contributed by atoms with van der Waals surface area (Å²) in [4.78, 5) is 44.3. The van der Waals surface area contributed by atoms with Gasteiger partial charge in [0, 0.05) is 15.1 Å². The second kappa shape index (κ2) is 6.34. The van der Waals surface area contributed by atoms with Crippen molar-refractivity contribution in [1.29, 1.82) is 0 Å². The summed E-state index contributed by atoms with van der Waals surface area (Å²) in [5.41, 5.74) is 0.662. The molecule has 0 spiro atoms. The Morgan fingerprint density at radius 2 is 1.69 bits per heavy atom. The molecule has 130 valence electrons. The first-order valence-corrected chi connectivity index (χ1v) is 8.82. The highest BCUT2D eigenvalue weighted by atomic mass is 79.9. The number of hydrogen-bond acceptors (Lipinski definition) is 5. The number of Topliss-reactive ketones (excluding diaryl/α,β-unsaturated/α-hetero) is 1. The molecule has 1 fully saturated rings. The average Bonchev–Trinajstić information content (AvgIpc) is 3.17. The monoisotopic (exact) mass is 432 g/mol. The summed E-state index contributed by atoms with van der Waals surface area (Å²) in [6, 6.07) is 12.9. The fourth-order valence-electron chi connectivity index (χ4n) is 2.96. The molecule has 2 aliphatic heterocycles. The topological polar surface area (TPSA) is 76.0 Å². The quantitative estimate of drug-likeness (QED) is 0.550. The van der Waals surface area contributed by atoms with E-state index < -0.39 is 29.6 Å². The third-order valence-electron chi connectivity index (χ3n) is 4.24. The maximum absolute atomic E-state index is 12.8. The van der Waals surface area contributed by atoms with Crippen LogP contribution in [0.3, 0.4) is 0 Å². The van der Waals surface area contributed by atoms with Crippen molar-refractivity contribution in [3.63, 3.8) is 0 Å². The number of carbonyl (C=O) groups excluding carboxylic acids is 3. The van der Waals surface area contributed by atoms with E-state index >= 15 is 0 Å². The van der Waals surface area contributed by atoms with Crippen LogP contribution in [0.5, 0.6) is 0 Å². The van der Waals surface area contributed by atoms with Crippen molar-refractivity contribution in [2.45, 2.75) is 6.10 Å². The van der Waals surface area contributed by atoms with E-state index in [1.165, 1.54) is 12.1 Å². The Morgan fingerprint density at radius 3 is 2.35 bits per heavy atom. The van der Waals surface area contributed by atoms with Gasteiger partial charge in [-0.15, -0.1) is 0 Å². The number of anilines is 1. The van der Waals surface area contributed by atoms with Crippen LogP contribution in [0.25, 0.3) is 0 Å².